The summed E-state index contributed by atoms with van der Waals surface area (Å²) in [6.45, 7) is 3.68. The molecule has 0 saturated carbocycles. The number of hydrogen-bond donors (Lipinski definition) is 3. The van der Waals surface area contributed by atoms with Gasteiger partial charge in [0.2, 0.25) is 5.91 Å². The highest BCUT2D eigenvalue weighted by Gasteiger charge is 2.20. The van der Waals surface area contributed by atoms with E-state index in [1.807, 2.05) is 18.2 Å². The zero-order valence-electron chi connectivity index (χ0n) is 13.8. The molecule has 0 unspecified atom stereocenters. The molecule has 0 spiro atoms. The van der Waals surface area contributed by atoms with Gasteiger partial charge in [0.25, 0.3) is 0 Å². The molecule has 3 rings (SSSR count). The average Bonchev–Trinajstić information content (AvgIpc) is 2.65. The van der Waals surface area contributed by atoms with Crippen LogP contribution < -0.4 is 16.0 Å². The minimum Gasteiger partial charge on any atom is -0.351 e. The monoisotopic (exact) mass is 328 g/mol. The van der Waals surface area contributed by atoms with Gasteiger partial charge in [0, 0.05) is 26.2 Å². The molecule has 128 valence electrons. The van der Waals surface area contributed by atoms with Crippen LogP contribution in [0.2, 0.25) is 0 Å². The number of hydrogen-bond acceptors (Lipinski definition) is 3. The zero-order chi connectivity index (χ0) is 16.8. The maximum absolute atomic E-state index is 12.2. The first-order valence-electron chi connectivity index (χ1n) is 8.47. The van der Waals surface area contributed by atoms with Gasteiger partial charge in [-0.25, -0.2) is 4.79 Å². The van der Waals surface area contributed by atoms with E-state index in [9.17, 15) is 9.59 Å². The van der Waals surface area contributed by atoms with E-state index < -0.39 is 0 Å². The van der Waals surface area contributed by atoms with E-state index in [0.29, 0.717) is 19.6 Å². The molecule has 3 N–H and O–H groups in total. The van der Waals surface area contributed by atoms with Crippen molar-refractivity contribution in [3.8, 4) is 0 Å². The van der Waals surface area contributed by atoms with Crippen LogP contribution in [0.3, 0.4) is 0 Å². The molecular weight excluding hydrogens is 304 g/mol. The third kappa shape index (κ3) is 4.35. The van der Waals surface area contributed by atoms with E-state index in [1.54, 1.807) is 4.90 Å². The second-order valence-electron chi connectivity index (χ2n) is 6.19. The van der Waals surface area contributed by atoms with Gasteiger partial charge in [-0.1, -0.05) is 35.9 Å². The molecule has 6 nitrogen and oxygen atoms in total. The number of rotatable bonds is 4. The van der Waals surface area contributed by atoms with Crippen molar-refractivity contribution in [2.45, 2.75) is 19.4 Å². The van der Waals surface area contributed by atoms with Crippen molar-refractivity contribution >= 4 is 11.9 Å². The Bertz CT molecular complexity index is 642. The van der Waals surface area contributed by atoms with Gasteiger partial charge in [0.15, 0.2) is 0 Å². The predicted molar refractivity (Wildman–Crippen MR) is 92.5 cm³/mol. The quantitative estimate of drug-likeness (QED) is 0.716. The summed E-state index contributed by atoms with van der Waals surface area (Å²) in [6.07, 6.45) is 3.92. The van der Waals surface area contributed by atoms with Crippen LogP contribution in [0.5, 0.6) is 0 Å². The van der Waals surface area contributed by atoms with E-state index in [2.05, 4.69) is 28.1 Å². The molecule has 0 radical (unpaired) electrons. The van der Waals surface area contributed by atoms with Gasteiger partial charge in [-0.3, -0.25) is 4.79 Å². The van der Waals surface area contributed by atoms with Crippen molar-refractivity contribution in [3.05, 3.63) is 47.0 Å². The number of amides is 3. The Morgan fingerprint density at radius 1 is 1.12 bits per heavy atom. The summed E-state index contributed by atoms with van der Waals surface area (Å²) < 4.78 is 0. The van der Waals surface area contributed by atoms with Crippen LogP contribution in [0, 0.1) is 0 Å². The molecule has 24 heavy (non-hydrogen) atoms. The summed E-state index contributed by atoms with van der Waals surface area (Å²) in [5.41, 5.74) is 3.72. The molecule has 1 aromatic rings. The van der Waals surface area contributed by atoms with Gasteiger partial charge < -0.3 is 20.9 Å². The second-order valence-corrected chi connectivity index (χ2v) is 6.19. The molecule has 2 aliphatic heterocycles. The Hall–Kier alpha value is -2.34. The molecule has 3 amide bonds. The SMILES string of the molecule is O=C(CNC(=O)N1CCc2ccccc2C1)NCC1=CCNCC1. The highest BCUT2D eigenvalue weighted by atomic mass is 16.2. The van der Waals surface area contributed by atoms with E-state index in [1.165, 1.54) is 16.7 Å². The van der Waals surface area contributed by atoms with Crippen LogP contribution >= 0.6 is 0 Å². The lowest BCUT2D eigenvalue weighted by molar-refractivity contribution is -0.119. The molecule has 0 fully saturated rings. The van der Waals surface area contributed by atoms with E-state index in [4.69, 9.17) is 0 Å². The van der Waals surface area contributed by atoms with Crippen molar-refractivity contribution in [1.82, 2.24) is 20.9 Å². The van der Waals surface area contributed by atoms with Crippen LogP contribution in [-0.4, -0.2) is 49.6 Å². The highest BCUT2D eigenvalue weighted by molar-refractivity contribution is 5.84. The first-order chi connectivity index (χ1) is 11.7. The summed E-state index contributed by atoms with van der Waals surface area (Å²) in [6, 6.07) is 7.99. The van der Waals surface area contributed by atoms with Crippen LogP contribution in [0.4, 0.5) is 4.79 Å². The molecular formula is C18H24N4O2. The summed E-state index contributed by atoms with van der Waals surface area (Å²) in [5, 5.41) is 8.81. The van der Waals surface area contributed by atoms with Crippen LogP contribution in [0.15, 0.2) is 35.9 Å². The molecule has 2 heterocycles. The van der Waals surface area contributed by atoms with Crippen molar-refractivity contribution in [2.75, 3.05) is 32.7 Å². The normalized spacial score (nSPS) is 16.8. The lowest BCUT2D eigenvalue weighted by Crippen LogP contribution is -2.46. The van der Waals surface area contributed by atoms with Crippen molar-refractivity contribution in [3.63, 3.8) is 0 Å². The number of carbonyl (C=O) groups excluding carboxylic acids is 2. The van der Waals surface area contributed by atoms with Crippen molar-refractivity contribution in [2.24, 2.45) is 0 Å². The number of nitrogens with zero attached hydrogens (tertiary/aromatic N) is 1. The molecule has 0 aliphatic carbocycles. The van der Waals surface area contributed by atoms with E-state index >= 15 is 0 Å². The van der Waals surface area contributed by atoms with Crippen LogP contribution in [-0.2, 0) is 17.8 Å². The van der Waals surface area contributed by atoms with Gasteiger partial charge in [0.1, 0.15) is 0 Å². The summed E-state index contributed by atoms with van der Waals surface area (Å²) in [5.74, 6) is -0.153. The number of nitrogens with one attached hydrogen (secondary N) is 3. The first kappa shape index (κ1) is 16.5. The zero-order valence-corrected chi connectivity index (χ0v) is 13.8. The first-order valence-corrected chi connectivity index (χ1v) is 8.47. The maximum Gasteiger partial charge on any atom is 0.318 e. The summed E-state index contributed by atoms with van der Waals surface area (Å²) in [7, 11) is 0. The fraction of sp³-hybridized carbons (Fsp3) is 0.444. The molecule has 1 aromatic carbocycles. The molecule has 0 bridgehead atoms. The molecule has 2 aliphatic rings. The smallest absolute Gasteiger partial charge is 0.318 e. The third-order valence-electron chi connectivity index (χ3n) is 4.49. The highest BCUT2D eigenvalue weighted by Crippen LogP contribution is 2.18. The molecule has 0 aromatic heterocycles. The standard InChI is InChI=1S/C18H24N4O2/c23-17(20-11-14-5-8-19-9-6-14)12-21-18(24)22-10-7-15-3-1-2-4-16(15)13-22/h1-5,19H,6-13H2,(H,20,23)(H,21,24). The molecule has 0 saturated heterocycles. The number of benzene rings is 1. The van der Waals surface area contributed by atoms with Crippen LogP contribution in [0.1, 0.15) is 17.5 Å². The molecule has 6 heteroatoms. The van der Waals surface area contributed by atoms with E-state index in [0.717, 1.165) is 25.9 Å². The number of carbonyl (C=O) groups is 2. The topological polar surface area (TPSA) is 73.5 Å². The molecule has 0 atom stereocenters. The Labute approximate surface area is 142 Å². The largest absolute Gasteiger partial charge is 0.351 e. The Kier molecular flexibility index (Phi) is 5.48. The maximum atomic E-state index is 12.2. The number of urea groups is 1. The lowest BCUT2D eigenvalue weighted by atomic mass is 10.0. The van der Waals surface area contributed by atoms with E-state index in [-0.39, 0.29) is 18.5 Å². The van der Waals surface area contributed by atoms with Gasteiger partial charge in [-0.2, -0.15) is 0 Å². The summed E-state index contributed by atoms with van der Waals surface area (Å²) >= 11 is 0. The summed E-state index contributed by atoms with van der Waals surface area (Å²) in [4.78, 5) is 25.9. The van der Waals surface area contributed by atoms with Crippen molar-refractivity contribution < 1.29 is 9.59 Å². The second kappa shape index (κ2) is 7.97. The van der Waals surface area contributed by atoms with Gasteiger partial charge >= 0.3 is 6.03 Å². The van der Waals surface area contributed by atoms with Crippen LogP contribution in [0.25, 0.3) is 0 Å². The lowest BCUT2D eigenvalue weighted by Gasteiger charge is -2.28. The van der Waals surface area contributed by atoms with Gasteiger partial charge in [-0.05, 0) is 30.5 Å². The van der Waals surface area contributed by atoms with Crippen molar-refractivity contribution in [1.29, 1.82) is 0 Å². The fourth-order valence-electron chi connectivity index (χ4n) is 3.04. The number of fused-ring (bicyclic) bond motifs is 1. The fourth-order valence-corrected chi connectivity index (χ4v) is 3.04. The third-order valence-corrected chi connectivity index (χ3v) is 4.49. The van der Waals surface area contributed by atoms with Gasteiger partial charge in [0.05, 0.1) is 6.54 Å². The minimum atomic E-state index is -0.180. The Balaban J connectivity index is 1.41. The average molecular weight is 328 g/mol. The van der Waals surface area contributed by atoms with Gasteiger partial charge in [-0.15, -0.1) is 0 Å². The Morgan fingerprint density at radius 3 is 2.75 bits per heavy atom. The predicted octanol–water partition coefficient (Wildman–Crippen LogP) is 0.790. The Morgan fingerprint density at radius 2 is 1.96 bits per heavy atom. The minimum absolute atomic E-state index is 0.0164.